The van der Waals surface area contributed by atoms with Gasteiger partial charge in [-0.3, -0.25) is 14.4 Å². The van der Waals surface area contributed by atoms with Gasteiger partial charge in [-0.25, -0.2) is 0 Å². The summed E-state index contributed by atoms with van der Waals surface area (Å²) in [5, 5.41) is 8.97. The number of hydrogen-bond donors (Lipinski definition) is 1. The fraction of sp³-hybridized carbons (Fsp3) is 0.500. The summed E-state index contributed by atoms with van der Waals surface area (Å²) in [6.45, 7) is 3.26. The standard InChI is InChI=1S/C18H24N2O5/c1-14(21)19(12-15-5-3-2-4-6-15)8-7-17(22)20-9-10-25-13-16(20)11-18(23)24/h2-6,16H,7-13H2,1H3,(H,23,24)/t16-/m1/s1. The molecule has 1 fully saturated rings. The summed E-state index contributed by atoms with van der Waals surface area (Å²) in [6, 6.07) is 9.14. The van der Waals surface area contributed by atoms with Crippen LogP contribution in [-0.2, 0) is 25.7 Å². The SMILES string of the molecule is CC(=O)N(CCC(=O)N1CCOC[C@H]1CC(=O)O)Cc1ccccc1. The normalized spacial score (nSPS) is 17.2. The number of amides is 2. The van der Waals surface area contributed by atoms with Gasteiger partial charge in [0, 0.05) is 33.0 Å². The fourth-order valence-electron chi connectivity index (χ4n) is 2.88. The van der Waals surface area contributed by atoms with Crippen molar-refractivity contribution in [1.29, 1.82) is 0 Å². The van der Waals surface area contributed by atoms with Crippen molar-refractivity contribution in [1.82, 2.24) is 9.80 Å². The molecule has 25 heavy (non-hydrogen) atoms. The number of carboxylic acid groups (broad SMARTS) is 1. The first-order chi connectivity index (χ1) is 12.0. The summed E-state index contributed by atoms with van der Waals surface area (Å²) in [4.78, 5) is 38.5. The van der Waals surface area contributed by atoms with Crippen molar-refractivity contribution in [2.75, 3.05) is 26.3 Å². The van der Waals surface area contributed by atoms with E-state index in [1.54, 1.807) is 9.80 Å². The molecule has 1 N–H and O–H groups in total. The monoisotopic (exact) mass is 348 g/mol. The highest BCUT2D eigenvalue weighted by Gasteiger charge is 2.29. The summed E-state index contributed by atoms with van der Waals surface area (Å²) in [5.41, 5.74) is 1.00. The lowest BCUT2D eigenvalue weighted by Crippen LogP contribution is -2.50. The van der Waals surface area contributed by atoms with Crippen molar-refractivity contribution < 1.29 is 24.2 Å². The number of carbonyl (C=O) groups excluding carboxylic acids is 2. The third kappa shape index (κ3) is 5.86. The molecule has 7 nitrogen and oxygen atoms in total. The van der Waals surface area contributed by atoms with Crippen LogP contribution < -0.4 is 0 Å². The largest absolute Gasteiger partial charge is 0.481 e. The van der Waals surface area contributed by atoms with Gasteiger partial charge < -0.3 is 19.6 Å². The summed E-state index contributed by atoms with van der Waals surface area (Å²) in [6.07, 6.45) is 0.0364. The Hall–Kier alpha value is -2.41. The number of benzene rings is 1. The van der Waals surface area contributed by atoms with Gasteiger partial charge >= 0.3 is 5.97 Å². The lowest BCUT2D eigenvalue weighted by Gasteiger charge is -2.35. The lowest BCUT2D eigenvalue weighted by molar-refractivity contribution is -0.146. The molecule has 7 heteroatoms. The molecule has 0 unspecified atom stereocenters. The maximum absolute atomic E-state index is 12.5. The molecule has 1 aromatic rings. The second kappa shape index (κ2) is 9.17. The Bertz CT molecular complexity index is 605. The van der Waals surface area contributed by atoms with Gasteiger partial charge in [0.2, 0.25) is 11.8 Å². The molecule has 0 saturated carbocycles. The Morgan fingerprint density at radius 1 is 1.28 bits per heavy atom. The minimum absolute atomic E-state index is 0.0966. The first-order valence-corrected chi connectivity index (χ1v) is 8.36. The van der Waals surface area contributed by atoms with Crippen LogP contribution in [0.1, 0.15) is 25.3 Å². The number of aliphatic carboxylic acids is 1. The van der Waals surface area contributed by atoms with Crippen molar-refractivity contribution >= 4 is 17.8 Å². The predicted molar refractivity (Wildman–Crippen MR) is 90.7 cm³/mol. The van der Waals surface area contributed by atoms with E-state index in [4.69, 9.17) is 9.84 Å². The molecule has 0 aromatic heterocycles. The van der Waals surface area contributed by atoms with E-state index >= 15 is 0 Å². The highest BCUT2D eigenvalue weighted by atomic mass is 16.5. The second-order valence-electron chi connectivity index (χ2n) is 6.09. The topological polar surface area (TPSA) is 87.2 Å². The van der Waals surface area contributed by atoms with Crippen LogP contribution in [0, 0.1) is 0 Å². The van der Waals surface area contributed by atoms with Gasteiger partial charge in [0.15, 0.2) is 0 Å². The number of nitrogens with zero attached hydrogens (tertiary/aromatic N) is 2. The molecule has 2 rings (SSSR count). The molecular weight excluding hydrogens is 324 g/mol. The van der Waals surface area contributed by atoms with Crippen molar-refractivity contribution in [3.63, 3.8) is 0 Å². The minimum Gasteiger partial charge on any atom is -0.481 e. The molecule has 1 aliphatic heterocycles. The van der Waals surface area contributed by atoms with Gasteiger partial charge in [0.1, 0.15) is 0 Å². The Morgan fingerprint density at radius 2 is 2.00 bits per heavy atom. The molecule has 1 aliphatic rings. The van der Waals surface area contributed by atoms with Crippen LogP contribution >= 0.6 is 0 Å². The molecule has 1 aromatic carbocycles. The Morgan fingerprint density at radius 3 is 2.64 bits per heavy atom. The molecule has 0 aliphatic carbocycles. The Labute approximate surface area is 147 Å². The second-order valence-corrected chi connectivity index (χ2v) is 6.09. The maximum Gasteiger partial charge on any atom is 0.305 e. The van der Waals surface area contributed by atoms with E-state index in [1.165, 1.54) is 6.92 Å². The smallest absolute Gasteiger partial charge is 0.305 e. The fourth-order valence-corrected chi connectivity index (χ4v) is 2.88. The first-order valence-electron chi connectivity index (χ1n) is 8.36. The van der Waals surface area contributed by atoms with Crippen LogP contribution in [0.2, 0.25) is 0 Å². The van der Waals surface area contributed by atoms with Crippen molar-refractivity contribution in [2.24, 2.45) is 0 Å². The highest BCUT2D eigenvalue weighted by Crippen LogP contribution is 2.13. The van der Waals surface area contributed by atoms with Crippen LogP contribution in [0.5, 0.6) is 0 Å². The average Bonchev–Trinajstić information content (AvgIpc) is 2.59. The lowest BCUT2D eigenvalue weighted by atomic mass is 10.1. The van der Waals surface area contributed by atoms with Crippen LogP contribution in [0.3, 0.4) is 0 Å². The molecular formula is C18H24N2O5. The van der Waals surface area contributed by atoms with Crippen LogP contribution in [0.25, 0.3) is 0 Å². The van der Waals surface area contributed by atoms with Crippen LogP contribution in [0.4, 0.5) is 0 Å². The van der Waals surface area contributed by atoms with Gasteiger partial charge in [-0.2, -0.15) is 0 Å². The number of carboxylic acids is 1. The first kappa shape index (κ1) is 18.9. The van der Waals surface area contributed by atoms with Gasteiger partial charge in [0.05, 0.1) is 25.7 Å². The minimum atomic E-state index is -0.956. The van der Waals surface area contributed by atoms with Crippen LogP contribution in [0.15, 0.2) is 30.3 Å². The third-order valence-electron chi connectivity index (χ3n) is 4.22. The molecule has 2 amide bonds. The zero-order valence-electron chi connectivity index (χ0n) is 14.4. The number of ether oxygens (including phenoxy) is 1. The molecule has 1 heterocycles. The molecule has 0 radical (unpaired) electrons. The van der Waals surface area contributed by atoms with Crippen molar-refractivity contribution in [3.8, 4) is 0 Å². The maximum atomic E-state index is 12.5. The number of morpholine rings is 1. The van der Waals surface area contributed by atoms with Gasteiger partial charge in [0.25, 0.3) is 0 Å². The molecule has 0 bridgehead atoms. The van der Waals surface area contributed by atoms with Crippen molar-refractivity contribution in [3.05, 3.63) is 35.9 Å². The Balaban J connectivity index is 1.93. The van der Waals surface area contributed by atoms with Crippen molar-refractivity contribution in [2.45, 2.75) is 32.4 Å². The van der Waals surface area contributed by atoms with Crippen LogP contribution in [-0.4, -0.2) is 65.0 Å². The zero-order chi connectivity index (χ0) is 18.2. The van der Waals surface area contributed by atoms with E-state index in [0.29, 0.717) is 26.2 Å². The van der Waals surface area contributed by atoms with E-state index < -0.39 is 12.0 Å². The molecule has 1 saturated heterocycles. The third-order valence-corrected chi connectivity index (χ3v) is 4.22. The Kier molecular flexibility index (Phi) is 6.94. The molecule has 136 valence electrons. The summed E-state index contributed by atoms with van der Waals surface area (Å²) < 4.78 is 5.28. The summed E-state index contributed by atoms with van der Waals surface area (Å²) in [5.74, 6) is -1.20. The summed E-state index contributed by atoms with van der Waals surface area (Å²) in [7, 11) is 0. The van der Waals surface area contributed by atoms with E-state index in [0.717, 1.165) is 5.56 Å². The van der Waals surface area contributed by atoms with Gasteiger partial charge in [-0.15, -0.1) is 0 Å². The van der Waals surface area contributed by atoms with Gasteiger partial charge in [-0.05, 0) is 5.56 Å². The van der Waals surface area contributed by atoms with E-state index in [2.05, 4.69) is 0 Å². The highest BCUT2D eigenvalue weighted by molar-refractivity contribution is 5.79. The predicted octanol–water partition coefficient (Wildman–Crippen LogP) is 1.13. The molecule has 0 spiro atoms. The van der Waals surface area contributed by atoms with E-state index in [-0.39, 0.29) is 31.3 Å². The number of carbonyl (C=O) groups is 3. The zero-order valence-corrected chi connectivity index (χ0v) is 14.4. The van der Waals surface area contributed by atoms with E-state index in [1.807, 2.05) is 30.3 Å². The number of rotatable bonds is 7. The van der Waals surface area contributed by atoms with Gasteiger partial charge in [-0.1, -0.05) is 30.3 Å². The average molecular weight is 348 g/mol. The summed E-state index contributed by atoms with van der Waals surface area (Å²) >= 11 is 0. The van der Waals surface area contributed by atoms with E-state index in [9.17, 15) is 14.4 Å². The molecule has 1 atom stereocenters. The quantitative estimate of drug-likeness (QED) is 0.798. The number of hydrogen-bond acceptors (Lipinski definition) is 4.